The Morgan fingerprint density at radius 3 is 3.00 bits per heavy atom. The van der Waals surface area contributed by atoms with Gasteiger partial charge in [0.25, 0.3) is 5.56 Å². The summed E-state index contributed by atoms with van der Waals surface area (Å²) in [6.07, 6.45) is 9.49. The van der Waals surface area contributed by atoms with E-state index in [9.17, 15) is 4.79 Å². The van der Waals surface area contributed by atoms with E-state index in [2.05, 4.69) is 39.2 Å². The fourth-order valence-corrected chi connectivity index (χ4v) is 1.95. The maximum Gasteiger partial charge on any atom is 0.283 e. The number of rotatable bonds is 6. The summed E-state index contributed by atoms with van der Waals surface area (Å²) in [5.41, 5.74) is 0.580. The molecule has 0 spiro atoms. The summed E-state index contributed by atoms with van der Waals surface area (Å²) >= 11 is 3.32. The molecule has 0 fully saturated rings. The lowest BCUT2D eigenvalue weighted by Gasteiger charge is -2.14. The number of hydrogen-bond acceptors (Lipinski definition) is 3. The van der Waals surface area contributed by atoms with Crippen molar-refractivity contribution >= 4 is 21.6 Å². The van der Waals surface area contributed by atoms with Crippen LogP contribution in [-0.2, 0) is 6.54 Å². The van der Waals surface area contributed by atoms with Crippen LogP contribution in [0.3, 0.4) is 0 Å². The van der Waals surface area contributed by atoms with E-state index in [-0.39, 0.29) is 11.6 Å². The van der Waals surface area contributed by atoms with Gasteiger partial charge in [0.1, 0.15) is 4.47 Å². The lowest BCUT2D eigenvalue weighted by molar-refractivity contribution is 0.541. The van der Waals surface area contributed by atoms with E-state index in [1.807, 2.05) is 6.92 Å². The number of unbranched alkanes of at least 4 members (excludes halogenated alkanes) is 1. The molecule has 0 aromatic carbocycles. The molecule has 4 nitrogen and oxygen atoms in total. The van der Waals surface area contributed by atoms with Crippen molar-refractivity contribution in [1.82, 2.24) is 9.78 Å². The quantitative estimate of drug-likeness (QED) is 0.822. The Hall–Kier alpha value is -1.28. The van der Waals surface area contributed by atoms with Gasteiger partial charge in [-0.1, -0.05) is 13.3 Å². The molecular formula is C13H18BrN3O. The van der Waals surface area contributed by atoms with E-state index in [1.54, 1.807) is 6.20 Å². The number of aromatic nitrogens is 2. The molecule has 1 unspecified atom stereocenters. The van der Waals surface area contributed by atoms with Crippen LogP contribution in [0.2, 0.25) is 0 Å². The smallest absolute Gasteiger partial charge is 0.283 e. The predicted molar refractivity (Wildman–Crippen MR) is 77.6 cm³/mol. The van der Waals surface area contributed by atoms with Crippen LogP contribution in [0.15, 0.2) is 15.5 Å². The first-order valence-electron chi connectivity index (χ1n) is 6.05. The average Bonchev–Trinajstić information content (AvgIpc) is 2.34. The molecule has 0 bridgehead atoms. The Morgan fingerprint density at radius 1 is 1.67 bits per heavy atom. The first-order chi connectivity index (χ1) is 8.60. The molecular weight excluding hydrogens is 294 g/mol. The van der Waals surface area contributed by atoms with E-state index < -0.39 is 0 Å². The summed E-state index contributed by atoms with van der Waals surface area (Å²) < 4.78 is 1.99. The molecule has 5 heteroatoms. The molecule has 18 heavy (non-hydrogen) atoms. The predicted octanol–water partition coefficient (Wildman–Crippen LogP) is 2.63. The summed E-state index contributed by atoms with van der Waals surface area (Å²) in [6, 6.07) is 0.110. The number of nitrogens with one attached hydrogen (secondary N) is 1. The maximum absolute atomic E-state index is 12.0. The van der Waals surface area contributed by atoms with Gasteiger partial charge in [-0.15, -0.1) is 12.3 Å². The molecule has 1 rings (SSSR count). The van der Waals surface area contributed by atoms with Gasteiger partial charge in [-0.3, -0.25) is 4.79 Å². The molecule has 1 heterocycles. The van der Waals surface area contributed by atoms with Crippen LogP contribution in [0, 0.1) is 12.3 Å². The van der Waals surface area contributed by atoms with Gasteiger partial charge in [0.2, 0.25) is 0 Å². The largest absolute Gasteiger partial charge is 0.379 e. The Bertz CT molecular complexity index is 490. The SMILES string of the molecule is C#CCC(C)Nc1cnn(CCCC)c(=O)c1Br. The first kappa shape index (κ1) is 14.8. The van der Waals surface area contributed by atoms with Crippen LogP contribution in [-0.4, -0.2) is 15.8 Å². The normalized spacial score (nSPS) is 11.9. The van der Waals surface area contributed by atoms with E-state index in [4.69, 9.17) is 6.42 Å². The molecule has 0 aliphatic heterocycles. The van der Waals surface area contributed by atoms with Crippen LogP contribution < -0.4 is 10.9 Å². The van der Waals surface area contributed by atoms with Crippen molar-refractivity contribution in [2.75, 3.05) is 5.32 Å². The second kappa shape index (κ2) is 7.22. The minimum atomic E-state index is -0.110. The van der Waals surface area contributed by atoms with Gasteiger partial charge in [0.15, 0.2) is 0 Å². The monoisotopic (exact) mass is 311 g/mol. The Morgan fingerprint density at radius 2 is 2.39 bits per heavy atom. The standard InChI is InChI=1S/C13H18BrN3O/c1-4-6-8-17-13(18)12(14)11(9-15-17)16-10(3)7-5-2/h2,9-10,16H,4,6-8H2,1,3H3. The zero-order chi connectivity index (χ0) is 13.5. The molecule has 0 aliphatic rings. The average molecular weight is 312 g/mol. The van der Waals surface area contributed by atoms with E-state index in [0.29, 0.717) is 23.1 Å². The fourth-order valence-electron chi connectivity index (χ4n) is 1.53. The summed E-state index contributed by atoms with van der Waals surface area (Å²) in [5.74, 6) is 2.58. The van der Waals surface area contributed by atoms with Crippen LogP contribution in [0.4, 0.5) is 5.69 Å². The lowest BCUT2D eigenvalue weighted by atomic mass is 10.2. The molecule has 0 saturated carbocycles. The van der Waals surface area contributed by atoms with Gasteiger partial charge in [-0.2, -0.15) is 5.10 Å². The summed E-state index contributed by atoms with van der Waals surface area (Å²) in [4.78, 5) is 12.0. The molecule has 1 aromatic rings. The van der Waals surface area contributed by atoms with E-state index in [1.165, 1.54) is 4.68 Å². The van der Waals surface area contributed by atoms with Crippen molar-refractivity contribution in [3.05, 3.63) is 21.0 Å². The third kappa shape index (κ3) is 3.88. The topological polar surface area (TPSA) is 46.9 Å². The number of hydrogen-bond donors (Lipinski definition) is 1. The van der Waals surface area contributed by atoms with Crippen molar-refractivity contribution in [3.63, 3.8) is 0 Å². The second-order valence-electron chi connectivity index (χ2n) is 4.21. The maximum atomic E-state index is 12.0. The Balaban J connectivity index is 2.87. The molecule has 0 radical (unpaired) electrons. The fraction of sp³-hybridized carbons (Fsp3) is 0.538. The second-order valence-corrected chi connectivity index (χ2v) is 5.00. The molecule has 98 valence electrons. The summed E-state index contributed by atoms with van der Waals surface area (Å²) in [6.45, 7) is 4.69. The summed E-state index contributed by atoms with van der Waals surface area (Å²) in [5, 5.41) is 7.32. The number of halogens is 1. The molecule has 1 aromatic heterocycles. The van der Waals surface area contributed by atoms with Crippen LogP contribution in [0.25, 0.3) is 0 Å². The zero-order valence-electron chi connectivity index (χ0n) is 10.7. The van der Waals surface area contributed by atoms with Gasteiger partial charge in [-0.05, 0) is 29.3 Å². The highest BCUT2D eigenvalue weighted by molar-refractivity contribution is 9.10. The molecule has 0 saturated heterocycles. The minimum absolute atomic E-state index is 0.110. The Kier molecular flexibility index (Phi) is 5.93. The van der Waals surface area contributed by atoms with Gasteiger partial charge < -0.3 is 5.32 Å². The van der Waals surface area contributed by atoms with E-state index in [0.717, 1.165) is 12.8 Å². The van der Waals surface area contributed by atoms with Gasteiger partial charge in [0.05, 0.1) is 11.9 Å². The van der Waals surface area contributed by atoms with E-state index >= 15 is 0 Å². The molecule has 1 atom stereocenters. The Labute approximate surface area is 116 Å². The highest BCUT2D eigenvalue weighted by Gasteiger charge is 2.10. The van der Waals surface area contributed by atoms with Crippen LogP contribution in [0.5, 0.6) is 0 Å². The van der Waals surface area contributed by atoms with Crippen molar-refractivity contribution in [2.45, 2.75) is 45.7 Å². The van der Waals surface area contributed by atoms with Crippen LogP contribution in [0.1, 0.15) is 33.1 Å². The van der Waals surface area contributed by atoms with Crippen molar-refractivity contribution in [2.24, 2.45) is 0 Å². The van der Waals surface area contributed by atoms with Gasteiger partial charge in [0, 0.05) is 19.0 Å². The molecule has 0 amide bonds. The number of anilines is 1. The lowest BCUT2D eigenvalue weighted by Crippen LogP contribution is -2.26. The van der Waals surface area contributed by atoms with Crippen molar-refractivity contribution < 1.29 is 0 Å². The van der Waals surface area contributed by atoms with Crippen molar-refractivity contribution in [1.29, 1.82) is 0 Å². The van der Waals surface area contributed by atoms with Crippen LogP contribution >= 0.6 is 15.9 Å². The molecule has 1 N–H and O–H groups in total. The highest BCUT2D eigenvalue weighted by atomic mass is 79.9. The highest BCUT2D eigenvalue weighted by Crippen LogP contribution is 2.17. The minimum Gasteiger partial charge on any atom is -0.379 e. The number of terminal acetylenes is 1. The van der Waals surface area contributed by atoms with Gasteiger partial charge >= 0.3 is 0 Å². The van der Waals surface area contributed by atoms with Crippen molar-refractivity contribution in [3.8, 4) is 12.3 Å². The first-order valence-corrected chi connectivity index (χ1v) is 6.85. The third-order valence-corrected chi connectivity index (χ3v) is 3.30. The number of nitrogens with zero attached hydrogens (tertiary/aromatic N) is 2. The van der Waals surface area contributed by atoms with Gasteiger partial charge in [-0.25, -0.2) is 4.68 Å². The zero-order valence-corrected chi connectivity index (χ0v) is 12.3. The molecule has 0 aliphatic carbocycles. The number of aryl methyl sites for hydroxylation is 1. The third-order valence-electron chi connectivity index (χ3n) is 2.53. The summed E-state index contributed by atoms with van der Waals surface area (Å²) in [7, 11) is 0.